The summed E-state index contributed by atoms with van der Waals surface area (Å²) in [7, 11) is -1.89. The number of carbonyl (C=O) groups excluding carboxylic acids is 2. The van der Waals surface area contributed by atoms with Crippen molar-refractivity contribution in [1.82, 2.24) is 0 Å². The zero-order valence-electron chi connectivity index (χ0n) is 21.2. The number of cyclic esters (lactones) is 1. The van der Waals surface area contributed by atoms with Crippen LogP contribution < -0.4 is 0 Å². The average molecular weight is 465 g/mol. The molecule has 1 aliphatic heterocycles. The maximum atomic E-state index is 13.0. The van der Waals surface area contributed by atoms with Gasteiger partial charge in [0.25, 0.3) is 0 Å². The van der Waals surface area contributed by atoms with Crippen molar-refractivity contribution in [2.75, 3.05) is 0 Å². The van der Waals surface area contributed by atoms with Crippen LogP contribution >= 0.6 is 0 Å². The molecule has 0 amide bonds. The van der Waals surface area contributed by atoms with Crippen molar-refractivity contribution in [3.63, 3.8) is 0 Å². The summed E-state index contributed by atoms with van der Waals surface area (Å²) in [6, 6.07) is 3.09. The molecule has 1 rings (SSSR count). The first-order valence-electron chi connectivity index (χ1n) is 12.1. The quantitative estimate of drug-likeness (QED) is 0.181. The molecule has 6 heteroatoms. The van der Waals surface area contributed by atoms with Gasteiger partial charge in [0, 0.05) is 12.8 Å². The highest BCUT2D eigenvalue weighted by atomic mass is 28.4. The largest absolute Gasteiger partial charge is 0.458 e. The van der Waals surface area contributed by atoms with Crippen LogP contribution in [0.1, 0.15) is 67.7 Å². The van der Waals surface area contributed by atoms with Crippen LogP contribution in [0.25, 0.3) is 0 Å². The Bertz CT molecular complexity index is 671. The van der Waals surface area contributed by atoms with Gasteiger partial charge < -0.3 is 13.9 Å². The molecule has 0 aromatic rings. The average Bonchev–Trinajstić information content (AvgIpc) is 2.75. The Morgan fingerprint density at radius 1 is 1.16 bits per heavy atom. The summed E-state index contributed by atoms with van der Waals surface area (Å²) in [5, 5.41) is 0. The Balaban J connectivity index is 3.30. The maximum absolute atomic E-state index is 13.0. The van der Waals surface area contributed by atoms with Crippen LogP contribution in [0.3, 0.4) is 0 Å². The number of ether oxygens (including phenoxy) is 2. The van der Waals surface area contributed by atoms with Crippen LogP contribution in [-0.4, -0.2) is 38.6 Å². The number of carbonyl (C=O) groups is 2. The third-order valence-corrected chi connectivity index (χ3v) is 11.4. The summed E-state index contributed by atoms with van der Waals surface area (Å²) in [6.45, 7) is 17.8. The van der Waals surface area contributed by atoms with Gasteiger partial charge in [0.05, 0.1) is 12.5 Å². The van der Waals surface area contributed by atoms with Gasteiger partial charge in [0.2, 0.25) is 0 Å². The highest BCUT2D eigenvalue weighted by Crippen LogP contribution is 2.29. The number of esters is 2. The molecule has 1 heterocycles. The molecular weight excluding hydrogens is 420 g/mol. The predicted octanol–water partition coefficient (Wildman–Crippen LogP) is 6.36. The Labute approximate surface area is 196 Å². The smallest absolute Gasteiger partial charge is 0.308 e. The van der Waals surface area contributed by atoms with Crippen LogP contribution in [-0.2, 0) is 23.5 Å². The second-order valence-electron chi connectivity index (χ2n) is 9.12. The number of allylic oxidation sites excluding steroid dienone is 2. The van der Waals surface area contributed by atoms with Gasteiger partial charge in [-0.25, -0.2) is 0 Å². The maximum Gasteiger partial charge on any atom is 0.308 e. The summed E-state index contributed by atoms with van der Waals surface area (Å²) < 4.78 is 18.3. The Hall–Kier alpha value is -1.66. The Morgan fingerprint density at radius 2 is 1.78 bits per heavy atom. The third-order valence-electron chi connectivity index (χ3n) is 6.72. The van der Waals surface area contributed by atoms with Crippen molar-refractivity contribution < 1.29 is 23.5 Å². The van der Waals surface area contributed by atoms with E-state index in [2.05, 4.69) is 34.3 Å². The highest BCUT2D eigenvalue weighted by molar-refractivity contribution is 6.73. The van der Waals surface area contributed by atoms with Crippen LogP contribution in [0.4, 0.5) is 0 Å². The minimum atomic E-state index is -1.89. The van der Waals surface area contributed by atoms with E-state index < -0.39 is 14.4 Å². The zero-order chi connectivity index (χ0) is 24.3. The molecule has 0 bridgehead atoms. The van der Waals surface area contributed by atoms with E-state index in [1.54, 1.807) is 6.08 Å². The fourth-order valence-electron chi connectivity index (χ4n) is 4.36. The molecule has 5 atom stereocenters. The lowest BCUT2D eigenvalue weighted by atomic mass is 9.92. The monoisotopic (exact) mass is 464 g/mol. The molecule has 0 aromatic carbocycles. The molecule has 0 aliphatic carbocycles. The van der Waals surface area contributed by atoms with Crippen LogP contribution in [0.2, 0.25) is 18.1 Å². The standard InChI is InChI=1S/C26H44O5Si/c1-9-13-20(6)26-21(7)15-17-24(29-22(8)27)19(5)14-16-23(18-25(28)30-26)31-32(10-2,11-3)12-4/h9,13,15,17,19,21,23-24,26H,1,10-12,14,16,18H2,2-8H3/b17-15+,20-13+/t19-,21-,23+,24-,26+/m0/s1. The molecule has 0 N–H and O–H groups in total. The topological polar surface area (TPSA) is 61.8 Å². The van der Waals surface area contributed by atoms with Crippen molar-refractivity contribution >= 4 is 20.3 Å². The van der Waals surface area contributed by atoms with Crippen molar-refractivity contribution in [2.24, 2.45) is 11.8 Å². The van der Waals surface area contributed by atoms with Gasteiger partial charge >= 0.3 is 11.9 Å². The van der Waals surface area contributed by atoms with Gasteiger partial charge in [-0.3, -0.25) is 9.59 Å². The van der Waals surface area contributed by atoms with E-state index in [9.17, 15) is 9.59 Å². The first-order chi connectivity index (χ1) is 15.1. The van der Waals surface area contributed by atoms with Gasteiger partial charge in [-0.2, -0.15) is 0 Å². The molecule has 0 saturated heterocycles. The molecule has 0 radical (unpaired) electrons. The highest BCUT2D eigenvalue weighted by Gasteiger charge is 2.34. The molecule has 5 nitrogen and oxygen atoms in total. The third kappa shape index (κ3) is 8.70. The van der Waals surface area contributed by atoms with E-state index in [-0.39, 0.29) is 42.4 Å². The normalized spacial score (nSPS) is 29.3. The van der Waals surface area contributed by atoms with Crippen LogP contribution in [0, 0.1) is 11.8 Å². The molecule has 1 aliphatic rings. The van der Waals surface area contributed by atoms with Gasteiger partial charge in [-0.15, -0.1) is 0 Å². The van der Waals surface area contributed by atoms with E-state index in [0.29, 0.717) is 0 Å². The van der Waals surface area contributed by atoms with Gasteiger partial charge in [0.15, 0.2) is 8.32 Å². The summed E-state index contributed by atoms with van der Waals surface area (Å²) in [6.07, 6.45) is 8.38. The predicted molar refractivity (Wildman–Crippen MR) is 133 cm³/mol. The molecule has 0 unspecified atom stereocenters. The molecule has 0 saturated carbocycles. The molecule has 0 aromatic heterocycles. The Kier molecular flexibility index (Phi) is 12.2. The Morgan fingerprint density at radius 3 is 2.31 bits per heavy atom. The van der Waals surface area contributed by atoms with Gasteiger partial charge in [-0.05, 0) is 55.5 Å². The second-order valence-corrected chi connectivity index (χ2v) is 13.8. The van der Waals surface area contributed by atoms with Crippen molar-refractivity contribution in [1.29, 1.82) is 0 Å². The van der Waals surface area contributed by atoms with E-state index in [4.69, 9.17) is 13.9 Å². The lowest BCUT2D eigenvalue weighted by molar-refractivity contribution is -0.150. The summed E-state index contributed by atoms with van der Waals surface area (Å²) in [5.41, 5.74) is 0.927. The van der Waals surface area contributed by atoms with E-state index in [1.807, 2.05) is 32.1 Å². The summed E-state index contributed by atoms with van der Waals surface area (Å²) in [4.78, 5) is 24.7. The number of hydrogen-bond acceptors (Lipinski definition) is 5. The number of rotatable bonds is 8. The summed E-state index contributed by atoms with van der Waals surface area (Å²) in [5.74, 6) is -0.477. The van der Waals surface area contributed by atoms with Crippen LogP contribution in [0.5, 0.6) is 0 Å². The molecular formula is C26H44O5Si. The van der Waals surface area contributed by atoms with Gasteiger partial charge in [0.1, 0.15) is 12.2 Å². The first kappa shape index (κ1) is 28.4. The van der Waals surface area contributed by atoms with Crippen molar-refractivity contribution in [3.05, 3.63) is 36.5 Å². The summed E-state index contributed by atoms with van der Waals surface area (Å²) >= 11 is 0. The first-order valence-corrected chi connectivity index (χ1v) is 14.7. The fraction of sp³-hybridized carbons (Fsp3) is 0.692. The van der Waals surface area contributed by atoms with Crippen LogP contribution in [0.15, 0.2) is 36.5 Å². The van der Waals surface area contributed by atoms with E-state index in [1.165, 1.54) is 6.92 Å². The molecule has 0 fully saturated rings. The molecule has 0 spiro atoms. The minimum absolute atomic E-state index is 0.0744. The van der Waals surface area contributed by atoms with Crippen molar-refractivity contribution in [2.45, 2.75) is 104 Å². The molecule has 182 valence electrons. The second kappa shape index (κ2) is 13.8. The zero-order valence-corrected chi connectivity index (χ0v) is 22.2. The minimum Gasteiger partial charge on any atom is -0.458 e. The van der Waals surface area contributed by atoms with E-state index in [0.717, 1.165) is 36.5 Å². The SMILES string of the molecule is C=C/C=C(\C)[C@H]1OC(=O)C[C@H](O[Si](CC)(CC)CC)CC[C@H](C)[C@@H](OC(C)=O)/C=C/[C@@H]1C. The lowest BCUT2D eigenvalue weighted by Gasteiger charge is -2.34. The van der Waals surface area contributed by atoms with E-state index >= 15 is 0 Å². The molecule has 32 heavy (non-hydrogen) atoms. The van der Waals surface area contributed by atoms with Gasteiger partial charge in [-0.1, -0.05) is 59.4 Å². The lowest BCUT2D eigenvalue weighted by Crippen LogP contribution is -2.41. The fourth-order valence-corrected chi connectivity index (χ4v) is 7.27. The van der Waals surface area contributed by atoms with Crippen molar-refractivity contribution in [3.8, 4) is 0 Å². The number of hydrogen-bond donors (Lipinski definition) is 0.